The highest BCUT2D eigenvalue weighted by Gasteiger charge is 2.14. The Morgan fingerprint density at radius 3 is 2.26 bits per heavy atom. The number of anilines is 2. The molecule has 0 heterocycles. The van der Waals surface area contributed by atoms with Crippen LogP contribution < -0.4 is 15.4 Å². The summed E-state index contributed by atoms with van der Waals surface area (Å²) in [4.78, 5) is 24.4. The molecule has 8 heteroatoms. The molecule has 156 valence electrons. The van der Waals surface area contributed by atoms with Gasteiger partial charge in [0, 0.05) is 22.5 Å². The molecule has 0 aliphatic carbocycles. The average Bonchev–Trinajstić information content (AvgIpc) is 2.78. The Kier molecular flexibility index (Phi) is 6.70. The van der Waals surface area contributed by atoms with Gasteiger partial charge in [0.15, 0.2) is 0 Å². The fourth-order valence-electron chi connectivity index (χ4n) is 2.66. The second-order valence-corrected chi connectivity index (χ2v) is 8.13. The molecule has 0 saturated heterocycles. The molecule has 3 aromatic carbocycles. The number of carbonyl (C=O) groups excluding carboxylic acids is 2. The van der Waals surface area contributed by atoms with Gasteiger partial charge < -0.3 is 10.6 Å². The van der Waals surface area contributed by atoms with Crippen LogP contribution in [-0.4, -0.2) is 26.8 Å². The summed E-state index contributed by atoms with van der Waals surface area (Å²) in [5.74, 6) is 1.60. The Labute approximate surface area is 180 Å². The summed E-state index contributed by atoms with van der Waals surface area (Å²) in [5, 5.41) is 5.16. The maximum atomic E-state index is 12.3. The smallest absolute Gasteiger partial charge is 0.261 e. The van der Waals surface area contributed by atoms with E-state index in [4.69, 9.17) is 6.42 Å². The molecule has 0 bridgehead atoms. The molecule has 2 amide bonds. The number of hydrogen-bond donors (Lipinski definition) is 3. The summed E-state index contributed by atoms with van der Waals surface area (Å²) in [7, 11) is -3.72. The van der Waals surface area contributed by atoms with E-state index in [0.29, 0.717) is 16.9 Å². The molecule has 31 heavy (non-hydrogen) atoms. The molecular weight excluding hydrogens is 414 g/mol. The van der Waals surface area contributed by atoms with Crippen molar-refractivity contribution in [3.8, 4) is 12.3 Å². The first-order valence-electron chi connectivity index (χ1n) is 9.20. The van der Waals surface area contributed by atoms with Gasteiger partial charge >= 0.3 is 0 Å². The third kappa shape index (κ3) is 5.95. The van der Waals surface area contributed by atoms with E-state index in [9.17, 15) is 18.0 Å². The van der Waals surface area contributed by atoms with Gasteiger partial charge in [-0.05, 0) is 54.6 Å². The van der Waals surface area contributed by atoms with Crippen molar-refractivity contribution < 1.29 is 18.0 Å². The first-order chi connectivity index (χ1) is 14.9. The first kappa shape index (κ1) is 21.6. The van der Waals surface area contributed by atoms with E-state index in [-0.39, 0.29) is 17.0 Å². The van der Waals surface area contributed by atoms with Gasteiger partial charge in [0.05, 0.1) is 11.4 Å². The van der Waals surface area contributed by atoms with Crippen LogP contribution in [0.25, 0.3) is 0 Å². The lowest BCUT2D eigenvalue weighted by atomic mass is 10.2. The van der Waals surface area contributed by atoms with Crippen molar-refractivity contribution in [2.45, 2.75) is 4.90 Å². The lowest BCUT2D eigenvalue weighted by Crippen LogP contribution is -2.32. The lowest BCUT2D eigenvalue weighted by molar-refractivity contribution is -0.115. The van der Waals surface area contributed by atoms with Crippen molar-refractivity contribution in [1.29, 1.82) is 0 Å². The highest BCUT2D eigenvalue weighted by atomic mass is 32.2. The van der Waals surface area contributed by atoms with Crippen LogP contribution in [0, 0.1) is 12.3 Å². The number of sulfonamides is 1. The summed E-state index contributed by atoms with van der Waals surface area (Å²) >= 11 is 0. The van der Waals surface area contributed by atoms with E-state index < -0.39 is 21.8 Å². The van der Waals surface area contributed by atoms with Gasteiger partial charge in [-0.15, -0.1) is 6.42 Å². The normalized spacial score (nSPS) is 10.5. The summed E-state index contributed by atoms with van der Waals surface area (Å²) < 4.78 is 27.1. The third-order valence-electron chi connectivity index (χ3n) is 4.18. The predicted molar refractivity (Wildman–Crippen MR) is 119 cm³/mol. The molecule has 0 radical (unpaired) electrons. The number of rotatable bonds is 7. The molecule has 0 fully saturated rings. The number of terminal acetylenes is 1. The van der Waals surface area contributed by atoms with Crippen LogP contribution in [0.5, 0.6) is 0 Å². The third-order valence-corrected chi connectivity index (χ3v) is 5.57. The molecule has 3 rings (SSSR count). The van der Waals surface area contributed by atoms with Gasteiger partial charge in [-0.2, -0.15) is 0 Å². The van der Waals surface area contributed by atoms with E-state index in [1.165, 1.54) is 36.4 Å². The van der Waals surface area contributed by atoms with Crippen LogP contribution in [-0.2, 0) is 14.8 Å². The molecule has 0 saturated carbocycles. The van der Waals surface area contributed by atoms with Crippen molar-refractivity contribution in [1.82, 2.24) is 5.32 Å². The van der Waals surface area contributed by atoms with Crippen LogP contribution in [0.2, 0.25) is 0 Å². The van der Waals surface area contributed by atoms with Crippen LogP contribution in [0.4, 0.5) is 11.4 Å². The van der Waals surface area contributed by atoms with E-state index in [1.807, 2.05) is 0 Å². The van der Waals surface area contributed by atoms with Crippen molar-refractivity contribution in [3.05, 3.63) is 90.0 Å². The molecule has 0 aliphatic heterocycles. The minimum absolute atomic E-state index is 0.135. The minimum Gasteiger partial charge on any atom is -0.343 e. The summed E-state index contributed by atoms with van der Waals surface area (Å²) in [6.45, 7) is -0.235. The van der Waals surface area contributed by atoms with Gasteiger partial charge in [-0.25, -0.2) is 8.42 Å². The molecule has 0 atom stereocenters. The molecule has 3 N–H and O–H groups in total. The molecule has 0 unspecified atom stereocenters. The average molecular weight is 433 g/mol. The zero-order valence-corrected chi connectivity index (χ0v) is 17.1. The van der Waals surface area contributed by atoms with Gasteiger partial charge in [0.25, 0.3) is 15.9 Å². The molecule has 0 aromatic heterocycles. The Bertz CT molecular complexity index is 1230. The number of amides is 2. The summed E-state index contributed by atoms with van der Waals surface area (Å²) in [5.41, 5.74) is 1.76. The Morgan fingerprint density at radius 1 is 0.871 bits per heavy atom. The van der Waals surface area contributed by atoms with Gasteiger partial charge in [-0.1, -0.05) is 30.2 Å². The molecule has 3 aromatic rings. The van der Waals surface area contributed by atoms with Gasteiger partial charge in [0.1, 0.15) is 0 Å². The second kappa shape index (κ2) is 9.61. The van der Waals surface area contributed by atoms with E-state index in [0.717, 1.165) is 0 Å². The SMILES string of the molecule is C#Cc1cccc(NC(=O)CNC(=O)c2ccc(NS(=O)(=O)c3ccccc3)cc2)c1. The Balaban J connectivity index is 1.55. The monoisotopic (exact) mass is 433 g/mol. The number of benzene rings is 3. The maximum Gasteiger partial charge on any atom is 0.261 e. The zero-order valence-electron chi connectivity index (χ0n) is 16.3. The highest BCUT2D eigenvalue weighted by molar-refractivity contribution is 7.92. The van der Waals surface area contributed by atoms with Crippen LogP contribution in [0.15, 0.2) is 83.8 Å². The minimum atomic E-state index is -3.72. The maximum absolute atomic E-state index is 12.3. The fourth-order valence-corrected chi connectivity index (χ4v) is 3.74. The Morgan fingerprint density at radius 2 is 1.58 bits per heavy atom. The van der Waals surface area contributed by atoms with E-state index >= 15 is 0 Å². The van der Waals surface area contributed by atoms with Crippen molar-refractivity contribution in [3.63, 3.8) is 0 Å². The van der Waals surface area contributed by atoms with Crippen LogP contribution in [0.1, 0.15) is 15.9 Å². The molecular formula is C23H19N3O4S. The number of carbonyl (C=O) groups is 2. The van der Waals surface area contributed by atoms with Crippen molar-refractivity contribution >= 4 is 33.2 Å². The fraction of sp³-hybridized carbons (Fsp3) is 0.0435. The highest BCUT2D eigenvalue weighted by Crippen LogP contribution is 2.16. The summed E-state index contributed by atoms with van der Waals surface area (Å²) in [6.07, 6.45) is 5.33. The number of nitrogens with one attached hydrogen (secondary N) is 3. The largest absolute Gasteiger partial charge is 0.343 e. The van der Waals surface area contributed by atoms with Gasteiger partial charge in [-0.3, -0.25) is 14.3 Å². The first-order valence-corrected chi connectivity index (χ1v) is 10.7. The van der Waals surface area contributed by atoms with Crippen molar-refractivity contribution in [2.75, 3.05) is 16.6 Å². The van der Waals surface area contributed by atoms with Crippen molar-refractivity contribution in [2.24, 2.45) is 0 Å². The quantitative estimate of drug-likeness (QED) is 0.499. The number of hydrogen-bond acceptors (Lipinski definition) is 4. The topological polar surface area (TPSA) is 104 Å². The molecule has 7 nitrogen and oxygen atoms in total. The molecule has 0 aliphatic rings. The van der Waals surface area contributed by atoms with Gasteiger partial charge in [0.2, 0.25) is 5.91 Å². The summed E-state index contributed by atoms with van der Waals surface area (Å²) in [6, 6.07) is 20.6. The van der Waals surface area contributed by atoms with Crippen LogP contribution in [0.3, 0.4) is 0 Å². The zero-order chi connectivity index (χ0) is 22.3. The van der Waals surface area contributed by atoms with E-state index in [1.54, 1.807) is 42.5 Å². The second-order valence-electron chi connectivity index (χ2n) is 6.45. The predicted octanol–water partition coefficient (Wildman–Crippen LogP) is 2.84. The van der Waals surface area contributed by atoms with E-state index in [2.05, 4.69) is 21.3 Å². The Hall–Kier alpha value is -4.09. The molecule has 0 spiro atoms. The standard InChI is InChI=1S/C23H19N3O4S/c1-2-17-7-6-8-20(15-17)25-22(27)16-24-23(28)18-11-13-19(14-12-18)26-31(29,30)21-9-4-3-5-10-21/h1,3-15,26H,16H2,(H,24,28)(H,25,27). The van der Waals surface area contributed by atoms with Crippen LogP contribution >= 0.6 is 0 Å². The lowest BCUT2D eigenvalue weighted by Gasteiger charge is -2.10.